The van der Waals surface area contributed by atoms with Crippen LogP contribution in [0.5, 0.6) is 5.75 Å². The normalized spacial score (nSPS) is 14.6. The van der Waals surface area contributed by atoms with Crippen molar-refractivity contribution in [1.29, 1.82) is 0 Å². The average molecular weight is 420 g/mol. The van der Waals surface area contributed by atoms with Crippen LogP contribution in [-0.4, -0.2) is 37.1 Å². The fourth-order valence-corrected chi connectivity index (χ4v) is 4.12. The van der Waals surface area contributed by atoms with Gasteiger partial charge >= 0.3 is 0 Å². The van der Waals surface area contributed by atoms with E-state index in [2.05, 4.69) is 29.9 Å². The number of rotatable bonds is 7. The van der Waals surface area contributed by atoms with Crippen LogP contribution >= 0.6 is 11.8 Å². The van der Waals surface area contributed by atoms with E-state index in [0.717, 1.165) is 40.7 Å². The fourth-order valence-electron chi connectivity index (χ4n) is 3.17. The number of hydrogen-bond donors (Lipinski definition) is 0. The van der Waals surface area contributed by atoms with Gasteiger partial charge in [0.1, 0.15) is 5.75 Å². The summed E-state index contributed by atoms with van der Waals surface area (Å²) in [6.07, 6.45) is 5.85. The van der Waals surface area contributed by atoms with Gasteiger partial charge in [0.2, 0.25) is 11.8 Å². The van der Waals surface area contributed by atoms with Gasteiger partial charge in [0.05, 0.1) is 12.4 Å². The zero-order valence-electron chi connectivity index (χ0n) is 16.6. The first-order valence-corrected chi connectivity index (χ1v) is 10.6. The summed E-state index contributed by atoms with van der Waals surface area (Å²) in [5, 5.41) is 18.1. The van der Waals surface area contributed by atoms with Crippen LogP contribution in [0.2, 0.25) is 0 Å². The highest BCUT2D eigenvalue weighted by molar-refractivity contribution is 7.99. The van der Waals surface area contributed by atoms with Gasteiger partial charge in [-0.3, -0.25) is 9.55 Å². The molecule has 152 valence electrons. The Hall–Kier alpha value is -3.20. The van der Waals surface area contributed by atoms with E-state index >= 15 is 0 Å². The Kier molecular flexibility index (Phi) is 4.96. The summed E-state index contributed by atoms with van der Waals surface area (Å²) < 4.78 is 13.3. The van der Waals surface area contributed by atoms with Crippen molar-refractivity contribution in [2.75, 3.05) is 7.11 Å². The van der Waals surface area contributed by atoms with Crippen molar-refractivity contribution in [1.82, 2.24) is 29.9 Å². The SMILES string of the molecule is COc1ccc(-c2nnc([C@@H](C)Sc3nnc(-c4cccnc4)n3C3CC3)o2)cc1. The highest BCUT2D eigenvalue weighted by Crippen LogP contribution is 2.43. The number of hydrogen-bond acceptors (Lipinski definition) is 8. The molecule has 0 N–H and O–H groups in total. The van der Waals surface area contributed by atoms with Crippen LogP contribution in [-0.2, 0) is 0 Å². The van der Waals surface area contributed by atoms with E-state index in [0.29, 0.717) is 17.8 Å². The van der Waals surface area contributed by atoms with E-state index < -0.39 is 0 Å². The average Bonchev–Trinajstić information content (AvgIpc) is 3.34. The lowest BCUT2D eigenvalue weighted by atomic mass is 10.2. The molecular weight excluding hydrogens is 400 g/mol. The number of thioether (sulfide) groups is 1. The van der Waals surface area contributed by atoms with Crippen molar-refractivity contribution in [2.45, 2.75) is 36.2 Å². The van der Waals surface area contributed by atoms with Crippen LogP contribution in [0.4, 0.5) is 0 Å². The second-order valence-electron chi connectivity index (χ2n) is 7.08. The van der Waals surface area contributed by atoms with Crippen molar-refractivity contribution in [3.63, 3.8) is 0 Å². The Morgan fingerprint density at radius 3 is 2.60 bits per heavy atom. The highest BCUT2D eigenvalue weighted by atomic mass is 32.2. The van der Waals surface area contributed by atoms with E-state index in [1.807, 2.05) is 49.5 Å². The van der Waals surface area contributed by atoms with Crippen LogP contribution in [0.1, 0.15) is 36.9 Å². The summed E-state index contributed by atoms with van der Waals surface area (Å²) in [5.74, 6) is 2.68. The van der Waals surface area contributed by atoms with Crippen LogP contribution in [0.15, 0.2) is 58.4 Å². The quantitative estimate of drug-likeness (QED) is 0.401. The van der Waals surface area contributed by atoms with Gasteiger partial charge in [0.15, 0.2) is 11.0 Å². The third-order valence-electron chi connectivity index (χ3n) is 4.90. The largest absolute Gasteiger partial charge is 0.497 e. The zero-order valence-corrected chi connectivity index (χ0v) is 17.4. The zero-order chi connectivity index (χ0) is 20.5. The Morgan fingerprint density at radius 2 is 1.90 bits per heavy atom. The number of aromatic nitrogens is 6. The maximum atomic E-state index is 5.93. The van der Waals surface area contributed by atoms with E-state index in [1.54, 1.807) is 25.1 Å². The van der Waals surface area contributed by atoms with Crippen molar-refractivity contribution in [3.8, 4) is 28.6 Å². The van der Waals surface area contributed by atoms with Crippen molar-refractivity contribution < 1.29 is 9.15 Å². The molecule has 3 aromatic heterocycles. The summed E-state index contributed by atoms with van der Waals surface area (Å²) >= 11 is 1.57. The van der Waals surface area contributed by atoms with E-state index in [9.17, 15) is 0 Å². The number of ether oxygens (including phenoxy) is 1. The summed E-state index contributed by atoms with van der Waals surface area (Å²) in [7, 11) is 1.64. The molecule has 0 amide bonds. The standard InChI is InChI=1S/C21H20N6O2S/c1-13(19-24-25-20(29-19)14-5-9-17(28-2)10-6-14)30-21-26-23-18(27(21)16-7-8-16)15-4-3-11-22-12-15/h3-6,9-13,16H,7-8H2,1-2H3/t13-/m1/s1. The Balaban J connectivity index is 1.38. The molecule has 1 aromatic carbocycles. The first kappa shape index (κ1) is 18.8. The molecule has 0 radical (unpaired) electrons. The molecule has 1 atom stereocenters. The molecule has 0 spiro atoms. The lowest BCUT2D eigenvalue weighted by molar-refractivity contribution is 0.415. The van der Waals surface area contributed by atoms with Crippen LogP contribution in [0, 0.1) is 0 Å². The first-order chi connectivity index (χ1) is 14.7. The van der Waals surface area contributed by atoms with Gasteiger partial charge in [-0.2, -0.15) is 0 Å². The van der Waals surface area contributed by atoms with Gasteiger partial charge in [0.25, 0.3) is 0 Å². The number of methoxy groups -OCH3 is 1. The number of benzene rings is 1. The monoisotopic (exact) mass is 420 g/mol. The minimum atomic E-state index is -0.0621. The second kappa shape index (κ2) is 7.91. The molecular formula is C21H20N6O2S. The van der Waals surface area contributed by atoms with Crippen molar-refractivity contribution in [3.05, 3.63) is 54.7 Å². The molecule has 0 aliphatic heterocycles. The van der Waals surface area contributed by atoms with Gasteiger partial charge in [-0.25, -0.2) is 0 Å². The Morgan fingerprint density at radius 1 is 1.07 bits per heavy atom. The first-order valence-electron chi connectivity index (χ1n) is 9.72. The molecule has 1 aliphatic rings. The third-order valence-corrected chi connectivity index (χ3v) is 5.95. The molecule has 9 heteroatoms. The van der Waals surface area contributed by atoms with Crippen molar-refractivity contribution in [2.24, 2.45) is 0 Å². The van der Waals surface area contributed by atoms with Gasteiger partial charge in [0, 0.05) is 29.6 Å². The lowest BCUT2D eigenvalue weighted by Gasteiger charge is -2.10. The second-order valence-corrected chi connectivity index (χ2v) is 8.39. The molecule has 0 unspecified atom stereocenters. The Labute approximate surface area is 177 Å². The van der Waals surface area contributed by atoms with Gasteiger partial charge in [-0.1, -0.05) is 11.8 Å². The molecule has 0 bridgehead atoms. The molecule has 1 saturated carbocycles. The highest BCUT2D eigenvalue weighted by Gasteiger charge is 2.31. The molecule has 8 nitrogen and oxygen atoms in total. The molecule has 1 aliphatic carbocycles. The molecule has 0 saturated heterocycles. The predicted octanol–water partition coefficient (Wildman–Crippen LogP) is 4.59. The summed E-state index contributed by atoms with van der Waals surface area (Å²) in [4.78, 5) is 4.21. The van der Waals surface area contributed by atoms with Crippen LogP contribution < -0.4 is 4.74 Å². The van der Waals surface area contributed by atoms with Gasteiger partial charge in [-0.15, -0.1) is 20.4 Å². The third kappa shape index (κ3) is 3.68. The molecule has 3 heterocycles. The number of pyridine rings is 1. The molecule has 4 aromatic rings. The van der Waals surface area contributed by atoms with E-state index in [1.165, 1.54) is 0 Å². The van der Waals surface area contributed by atoms with Crippen LogP contribution in [0.25, 0.3) is 22.8 Å². The molecule has 1 fully saturated rings. The van der Waals surface area contributed by atoms with E-state index in [-0.39, 0.29) is 5.25 Å². The van der Waals surface area contributed by atoms with Crippen LogP contribution in [0.3, 0.4) is 0 Å². The minimum absolute atomic E-state index is 0.0621. The Bertz CT molecular complexity index is 1140. The minimum Gasteiger partial charge on any atom is -0.497 e. The van der Waals surface area contributed by atoms with Gasteiger partial charge in [-0.05, 0) is 56.2 Å². The van der Waals surface area contributed by atoms with Gasteiger partial charge < -0.3 is 9.15 Å². The summed E-state index contributed by atoms with van der Waals surface area (Å²) in [5.41, 5.74) is 1.82. The topological polar surface area (TPSA) is 91.8 Å². The number of nitrogens with zero attached hydrogens (tertiary/aromatic N) is 6. The molecule has 30 heavy (non-hydrogen) atoms. The maximum Gasteiger partial charge on any atom is 0.247 e. The predicted molar refractivity (Wildman–Crippen MR) is 112 cm³/mol. The van der Waals surface area contributed by atoms with Crippen molar-refractivity contribution >= 4 is 11.8 Å². The maximum absolute atomic E-state index is 5.93. The summed E-state index contributed by atoms with van der Waals surface area (Å²) in [6.45, 7) is 2.03. The molecule has 5 rings (SSSR count). The lowest BCUT2D eigenvalue weighted by Crippen LogP contribution is -2.01. The van der Waals surface area contributed by atoms with E-state index in [4.69, 9.17) is 9.15 Å². The smallest absolute Gasteiger partial charge is 0.247 e. The summed E-state index contributed by atoms with van der Waals surface area (Å²) in [6, 6.07) is 11.9. The fraction of sp³-hybridized carbons (Fsp3) is 0.286.